The van der Waals surface area contributed by atoms with Gasteiger partial charge in [0.2, 0.25) is 0 Å². The molecule has 0 radical (unpaired) electrons. The zero-order chi connectivity index (χ0) is 4.20. The smallest absolute Gasteiger partial charge is 0.167 e. The highest BCUT2D eigenvalue weighted by molar-refractivity contribution is 7.58. The minimum atomic E-state index is -2.57. The van der Waals surface area contributed by atoms with Crippen LogP contribution in [0.2, 0.25) is 0 Å². The summed E-state index contributed by atoms with van der Waals surface area (Å²) in [5.41, 5.74) is 0. The molecule has 3 fully saturated rings. The summed E-state index contributed by atoms with van der Waals surface area (Å²) in [5.74, 6) is 0. The molecule has 0 unspecified atom stereocenters. The van der Waals surface area contributed by atoms with E-state index in [9.17, 15) is 0 Å². The second-order valence-corrected chi connectivity index (χ2v) is 2.64. The molecule has 6 heavy (non-hydrogen) atoms. The molecule has 0 atom stereocenters. The van der Waals surface area contributed by atoms with Crippen LogP contribution < -0.4 is 0 Å². The summed E-state index contributed by atoms with van der Waals surface area (Å²) < 4.78 is 13.3. The summed E-state index contributed by atoms with van der Waals surface area (Å²) in [6.45, 7) is -0.525. The van der Waals surface area contributed by atoms with Crippen molar-refractivity contribution < 1.29 is 18.5 Å². The van der Waals surface area contributed by atoms with E-state index in [1.54, 1.807) is 0 Å². The Bertz CT molecular complexity index is 74.5. The first-order chi connectivity index (χ1) is 2.79. The van der Waals surface area contributed by atoms with Gasteiger partial charge in [0, 0.05) is 0 Å². The molecule has 0 aromatic heterocycles. The molecule has 0 saturated carbocycles. The van der Waals surface area contributed by atoms with Crippen LogP contribution in [0.4, 0.5) is 0 Å². The Morgan fingerprint density at radius 2 is 1.67 bits per heavy atom. The Hall–Kier alpha value is 0.270. The van der Waals surface area contributed by atoms with Crippen LogP contribution >= 0.6 is 8.17 Å². The predicted octanol–water partition coefficient (Wildman–Crippen LogP) is 0.0169. The van der Waals surface area contributed by atoms with Gasteiger partial charge in [0.05, 0.1) is 0 Å². The van der Waals surface area contributed by atoms with Crippen LogP contribution in [-0.4, -0.2) is 11.4 Å². The maximum Gasteiger partial charge on any atom is 0.589 e. The first-order valence-corrected chi connectivity index (χ1v) is 2.95. The average molecular weight is 109 g/mol. The number of hydrogen-bond donors (Lipinski definition) is 1. The second kappa shape index (κ2) is 0.638. The van der Waals surface area contributed by atoms with Crippen LogP contribution in [0.15, 0.2) is 0 Å². The molecule has 0 aromatic carbocycles. The summed E-state index contributed by atoms with van der Waals surface area (Å²) in [7, 11) is -2.57. The number of hydrogen-bond acceptors (Lipinski definition) is 4. The monoisotopic (exact) mass is 109 g/mol. The van der Waals surface area contributed by atoms with Gasteiger partial charge >= 0.3 is 14.6 Å². The molecule has 3 saturated heterocycles. The highest BCUT2D eigenvalue weighted by atomic mass is 31.2. The van der Waals surface area contributed by atoms with Crippen molar-refractivity contribution >= 4 is 8.17 Å². The molecule has 3 aliphatic rings. The Morgan fingerprint density at radius 3 is 1.67 bits per heavy atom. The highest BCUT2D eigenvalue weighted by Crippen LogP contribution is 2.80. The van der Waals surface area contributed by atoms with Gasteiger partial charge in [0.15, 0.2) is 0 Å². The Labute approximate surface area is 34.3 Å². The van der Waals surface area contributed by atoms with Crippen LogP contribution in [0.3, 0.4) is 0 Å². The van der Waals surface area contributed by atoms with Crippen LogP contribution in [0.1, 0.15) is 0 Å². The Morgan fingerprint density at radius 1 is 1.33 bits per heavy atom. The van der Waals surface area contributed by atoms with E-state index in [2.05, 4.69) is 13.6 Å². The van der Waals surface area contributed by atoms with E-state index in [1.807, 2.05) is 0 Å². The lowest BCUT2D eigenvalue weighted by atomic mass is 11.3. The van der Waals surface area contributed by atoms with Crippen molar-refractivity contribution in [1.82, 2.24) is 0 Å². The second-order valence-electron chi connectivity index (χ2n) is 1.07. The lowest BCUT2D eigenvalue weighted by molar-refractivity contribution is -0.352. The van der Waals surface area contributed by atoms with Gasteiger partial charge in [-0.3, -0.25) is 0 Å². The third kappa shape index (κ3) is 0.196. The fraction of sp³-hybridized carbons (Fsp3) is 1.00. The van der Waals surface area contributed by atoms with Crippen molar-refractivity contribution in [3.8, 4) is 0 Å². The van der Waals surface area contributed by atoms with E-state index in [1.165, 1.54) is 0 Å². The Balaban J connectivity index is 2.19. The topological polar surface area (TPSA) is 47.9 Å². The minimum absolute atomic E-state index is 0.525. The van der Waals surface area contributed by atoms with Gasteiger partial charge in [-0.15, -0.1) is 0 Å². The van der Waals surface area contributed by atoms with E-state index < -0.39 is 14.6 Å². The minimum Gasteiger partial charge on any atom is -0.167 e. The van der Waals surface area contributed by atoms with Crippen LogP contribution in [0.5, 0.6) is 0 Å². The van der Waals surface area contributed by atoms with E-state index >= 15 is 0 Å². The van der Waals surface area contributed by atoms with E-state index in [0.29, 0.717) is 0 Å². The van der Waals surface area contributed by atoms with E-state index in [0.717, 1.165) is 0 Å². The van der Waals surface area contributed by atoms with Gasteiger partial charge < -0.3 is 0 Å². The zero-order valence-corrected chi connectivity index (χ0v) is 3.59. The molecule has 3 heterocycles. The molecular formula is CH2O4P+. The van der Waals surface area contributed by atoms with Crippen molar-refractivity contribution in [3.63, 3.8) is 0 Å². The molecule has 3 aliphatic heterocycles. The lowest BCUT2D eigenvalue weighted by Crippen LogP contribution is -2.45. The molecule has 0 aromatic rings. The maximum atomic E-state index is 8.42. The first kappa shape index (κ1) is 3.29. The molecule has 5 heteroatoms. The normalized spacial score (nSPS) is 62.5. The third-order valence-corrected chi connectivity index (χ3v) is 1.97. The largest absolute Gasteiger partial charge is 0.589 e. The molecule has 2 bridgehead atoms. The lowest BCUT2D eigenvalue weighted by Gasteiger charge is -2.36. The molecule has 0 aliphatic carbocycles. The molecule has 4 nitrogen and oxygen atoms in total. The average Bonchev–Trinajstić information content (AvgIpc) is 1.24. The first-order valence-electron chi connectivity index (χ1n) is 1.45. The highest BCUT2D eigenvalue weighted by Gasteiger charge is 2.79. The van der Waals surface area contributed by atoms with Crippen LogP contribution in [-0.2, 0) is 13.6 Å². The SMILES string of the molecule is O[P+]12OC(O1)O2. The van der Waals surface area contributed by atoms with Crippen molar-refractivity contribution in [2.45, 2.75) is 6.48 Å². The molecule has 3 rings (SSSR count). The maximum absolute atomic E-state index is 8.42. The van der Waals surface area contributed by atoms with Gasteiger partial charge in [-0.25, -0.2) is 0 Å². The predicted molar refractivity (Wildman–Crippen MR) is 16.2 cm³/mol. The Kier molecular flexibility index (Phi) is 0.350. The van der Waals surface area contributed by atoms with Crippen LogP contribution in [0, 0.1) is 0 Å². The standard InChI is InChI=1S/CH2O4P/c2-6-3-1(4-6)5-6/h1-2H/q+1. The fourth-order valence-electron chi connectivity index (χ4n) is 0.350. The van der Waals surface area contributed by atoms with Crippen molar-refractivity contribution in [3.05, 3.63) is 0 Å². The summed E-state index contributed by atoms with van der Waals surface area (Å²) >= 11 is 0. The summed E-state index contributed by atoms with van der Waals surface area (Å²) in [5, 5.41) is 0. The fourth-order valence-corrected chi connectivity index (χ4v) is 1.05. The number of rotatable bonds is 0. The van der Waals surface area contributed by atoms with Gasteiger partial charge in [-0.1, -0.05) is 13.6 Å². The van der Waals surface area contributed by atoms with Crippen molar-refractivity contribution in [2.75, 3.05) is 0 Å². The molecule has 1 N–H and O–H groups in total. The molecular weight excluding hydrogens is 107 g/mol. The van der Waals surface area contributed by atoms with Crippen molar-refractivity contribution in [1.29, 1.82) is 0 Å². The van der Waals surface area contributed by atoms with E-state index in [4.69, 9.17) is 4.89 Å². The quantitative estimate of drug-likeness (QED) is 0.445. The van der Waals surface area contributed by atoms with Gasteiger partial charge in [-0.2, -0.15) is 4.89 Å². The molecule has 34 valence electrons. The third-order valence-electron chi connectivity index (χ3n) is 0.658. The molecule has 0 amide bonds. The van der Waals surface area contributed by atoms with E-state index in [-0.39, 0.29) is 0 Å². The summed E-state index contributed by atoms with van der Waals surface area (Å²) in [4.78, 5) is 8.42. The van der Waals surface area contributed by atoms with Gasteiger partial charge in [0.1, 0.15) is 0 Å². The molecule has 0 spiro atoms. The van der Waals surface area contributed by atoms with Crippen molar-refractivity contribution in [2.24, 2.45) is 0 Å². The van der Waals surface area contributed by atoms with Gasteiger partial charge in [-0.05, 0) is 0 Å². The van der Waals surface area contributed by atoms with Gasteiger partial charge in [0.25, 0.3) is 0 Å². The summed E-state index contributed by atoms with van der Waals surface area (Å²) in [6, 6.07) is 0. The van der Waals surface area contributed by atoms with Crippen LogP contribution in [0.25, 0.3) is 0 Å². The summed E-state index contributed by atoms with van der Waals surface area (Å²) in [6.07, 6.45) is 0. The zero-order valence-electron chi connectivity index (χ0n) is 2.70.